The van der Waals surface area contributed by atoms with Gasteiger partial charge in [-0.3, -0.25) is 4.79 Å². The van der Waals surface area contributed by atoms with Crippen molar-refractivity contribution >= 4 is 16.9 Å². The molecule has 1 fully saturated rings. The van der Waals surface area contributed by atoms with Gasteiger partial charge >= 0.3 is 0 Å². The van der Waals surface area contributed by atoms with E-state index < -0.39 is 0 Å². The fraction of sp³-hybridized carbons (Fsp3) is 0.483. The Kier molecular flexibility index (Phi) is 7.15. The van der Waals surface area contributed by atoms with Crippen LogP contribution in [0.2, 0.25) is 0 Å². The van der Waals surface area contributed by atoms with Crippen LogP contribution in [0, 0.1) is 24.2 Å². The molecule has 1 aliphatic heterocycles. The van der Waals surface area contributed by atoms with E-state index in [0.717, 1.165) is 79.2 Å². The molecule has 2 aromatic carbocycles. The Hall–Kier alpha value is -3.17. The van der Waals surface area contributed by atoms with Crippen LogP contribution in [-0.4, -0.2) is 46.5 Å². The van der Waals surface area contributed by atoms with Gasteiger partial charge in [0.15, 0.2) is 0 Å². The van der Waals surface area contributed by atoms with E-state index in [0.29, 0.717) is 12.5 Å². The lowest BCUT2D eigenvalue weighted by Crippen LogP contribution is -2.39. The summed E-state index contributed by atoms with van der Waals surface area (Å²) in [6, 6.07) is 14.8. The van der Waals surface area contributed by atoms with E-state index in [1.807, 2.05) is 31.2 Å². The van der Waals surface area contributed by atoms with Gasteiger partial charge in [0, 0.05) is 19.1 Å². The van der Waals surface area contributed by atoms with E-state index in [4.69, 9.17) is 0 Å². The van der Waals surface area contributed by atoms with Gasteiger partial charge in [-0.2, -0.15) is 5.26 Å². The number of benzene rings is 2. The predicted molar refractivity (Wildman–Crippen MR) is 138 cm³/mol. The third-order valence-corrected chi connectivity index (χ3v) is 7.82. The number of nitrogens with one attached hydrogen (secondary N) is 2. The number of amides is 1. The highest BCUT2D eigenvalue weighted by atomic mass is 16.1. The molecular weight excluding hydrogens is 434 g/mol. The summed E-state index contributed by atoms with van der Waals surface area (Å²) in [7, 11) is 0. The standard InChI is InChI=1S/C29H35N5O/c1-20-31-27-9-5-22(17-28(27)32-20)18-29(35)33-26-7-3-21(4-8-26)10-13-34-14-11-24-6-2-23(19-30)16-25(24)12-15-34/h2,5-6,9,16-17,21,26H,3-4,7-8,10-15,18H2,1H3,(H,31,32)(H,33,35). The second-order valence-corrected chi connectivity index (χ2v) is 10.4. The third-order valence-electron chi connectivity index (χ3n) is 7.82. The van der Waals surface area contributed by atoms with Crippen LogP contribution in [0.5, 0.6) is 0 Å². The summed E-state index contributed by atoms with van der Waals surface area (Å²) >= 11 is 0. The maximum atomic E-state index is 12.6. The molecule has 0 unspecified atom stereocenters. The zero-order valence-corrected chi connectivity index (χ0v) is 20.6. The van der Waals surface area contributed by atoms with Crippen molar-refractivity contribution in [3.8, 4) is 6.07 Å². The molecule has 2 N–H and O–H groups in total. The maximum Gasteiger partial charge on any atom is 0.224 e. The third kappa shape index (κ3) is 5.91. The fourth-order valence-electron chi connectivity index (χ4n) is 5.78. The van der Waals surface area contributed by atoms with Crippen LogP contribution in [0.4, 0.5) is 0 Å². The number of imidazole rings is 1. The van der Waals surface area contributed by atoms with Gasteiger partial charge in [0.05, 0.1) is 29.1 Å². The average Bonchev–Trinajstić information content (AvgIpc) is 3.11. The van der Waals surface area contributed by atoms with E-state index >= 15 is 0 Å². The Morgan fingerprint density at radius 1 is 1.11 bits per heavy atom. The minimum atomic E-state index is 0.118. The monoisotopic (exact) mass is 469 g/mol. The molecule has 2 heterocycles. The quantitative estimate of drug-likeness (QED) is 0.559. The topological polar surface area (TPSA) is 84.8 Å². The maximum absolute atomic E-state index is 12.6. The Morgan fingerprint density at radius 2 is 1.91 bits per heavy atom. The molecule has 6 nitrogen and oxygen atoms in total. The normalized spacial score (nSPS) is 20.7. The van der Waals surface area contributed by atoms with Crippen LogP contribution in [0.25, 0.3) is 11.0 Å². The first-order chi connectivity index (χ1) is 17.1. The molecule has 0 atom stereocenters. The van der Waals surface area contributed by atoms with Crippen molar-refractivity contribution in [1.29, 1.82) is 5.26 Å². The molecule has 0 saturated heterocycles. The van der Waals surface area contributed by atoms with Crippen LogP contribution < -0.4 is 5.32 Å². The highest BCUT2D eigenvalue weighted by molar-refractivity contribution is 5.82. The number of carbonyl (C=O) groups excluding carboxylic acids is 1. The number of aryl methyl sites for hydroxylation is 1. The minimum Gasteiger partial charge on any atom is -0.353 e. The number of hydrogen-bond donors (Lipinski definition) is 2. The number of nitriles is 1. The SMILES string of the molecule is Cc1nc2ccc(CC(=O)NC3CCC(CCN4CCc5ccc(C#N)cc5CC4)CC3)cc2[nH]1. The molecule has 6 heteroatoms. The van der Waals surface area contributed by atoms with Crippen molar-refractivity contribution in [3.05, 3.63) is 64.5 Å². The molecular formula is C29H35N5O. The van der Waals surface area contributed by atoms with Gasteiger partial charge < -0.3 is 15.2 Å². The van der Waals surface area contributed by atoms with E-state index in [9.17, 15) is 10.1 Å². The minimum absolute atomic E-state index is 0.118. The number of rotatable bonds is 6. The van der Waals surface area contributed by atoms with Gasteiger partial charge in [-0.1, -0.05) is 12.1 Å². The molecule has 0 bridgehead atoms. The number of nitrogens with zero attached hydrogens (tertiary/aromatic N) is 3. The number of aromatic nitrogens is 2. The van der Waals surface area contributed by atoms with Gasteiger partial charge in [0.2, 0.25) is 5.91 Å². The fourth-order valence-corrected chi connectivity index (χ4v) is 5.78. The lowest BCUT2D eigenvalue weighted by molar-refractivity contribution is -0.121. The Balaban J connectivity index is 1.03. The molecule has 0 spiro atoms. The second-order valence-electron chi connectivity index (χ2n) is 10.4. The van der Waals surface area contributed by atoms with Crippen molar-refractivity contribution in [2.24, 2.45) is 5.92 Å². The number of carbonyl (C=O) groups is 1. The van der Waals surface area contributed by atoms with Crippen LogP contribution in [0.1, 0.15) is 60.2 Å². The van der Waals surface area contributed by atoms with Crippen LogP contribution in [0.3, 0.4) is 0 Å². The molecule has 182 valence electrons. The van der Waals surface area contributed by atoms with E-state index in [2.05, 4.69) is 38.4 Å². The smallest absolute Gasteiger partial charge is 0.224 e. The van der Waals surface area contributed by atoms with Crippen molar-refractivity contribution in [2.75, 3.05) is 19.6 Å². The lowest BCUT2D eigenvalue weighted by Gasteiger charge is -2.30. The summed E-state index contributed by atoms with van der Waals surface area (Å²) < 4.78 is 0. The number of H-pyrrole nitrogens is 1. The molecule has 2 aliphatic rings. The van der Waals surface area contributed by atoms with Crippen LogP contribution in [-0.2, 0) is 24.1 Å². The lowest BCUT2D eigenvalue weighted by atomic mass is 9.84. The molecule has 1 amide bonds. The zero-order chi connectivity index (χ0) is 24.2. The molecule has 1 saturated carbocycles. The number of fused-ring (bicyclic) bond motifs is 2. The van der Waals surface area contributed by atoms with Crippen molar-refractivity contribution in [1.82, 2.24) is 20.2 Å². The van der Waals surface area contributed by atoms with Gasteiger partial charge in [0.25, 0.3) is 0 Å². The van der Waals surface area contributed by atoms with E-state index in [1.165, 1.54) is 30.4 Å². The summed E-state index contributed by atoms with van der Waals surface area (Å²) in [5.41, 5.74) is 6.49. The average molecular weight is 470 g/mol. The first-order valence-corrected chi connectivity index (χ1v) is 13.0. The Bertz CT molecular complexity index is 1230. The van der Waals surface area contributed by atoms with Crippen molar-refractivity contribution in [2.45, 2.75) is 64.3 Å². The number of hydrogen-bond acceptors (Lipinski definition) is 4. The van der Waals surface area contributed by atoms with Gasteiger partial charge in [0.1, 0.15) is 5.82 Å². The Labute approximate surface area is 207 Å². The highest BCUT2D eigenvalue weighted by Gasteiger charge is 2.23. The highest BCUT2D eigenvalue weighted by Crippen LogP contribution is 2.28. The van der Waals surface area contributed by atoms with Crippen molar-refractivity contribution < 1.29 is 4.79 Å². The van der Waals surface area contributed by atoms with Crippen LogP contribution >= 0.6 is 0 Å². The summed E-state index contributed by atoms with van der Waals surface area (Å²) in [4.78, 5) is 22.9. The van der Waals surface area contributed by atoms with E-state index in [-0.39, 0.29) is 5.91 Å². The summed E-state index contributed by atoms with van der Waals surface area (Å²) in [5.74, 6) is 1.77. The molecule has 5 rings (SSSR count). The molecule has 1 aliphatic carbocycles. The molecule has 35 heavy (non-hydrogen) atoms. The predicted octanol–water partition coefficient (Wildman–Crippen LogP) is 4.45. The molecule has 3 aromatic rings. The first kappa shape index (κ1) is 23.6. The molecule has 1 aromatic heterocycles. The van der Waals surface area contributed by atoms with Gasteiger partial charge in [-0.25, -0.2) is 4.98 Å². The summed E-state index contributed by atoms with van der Waals surface area (Å²) in [6.07, 6.45) is 8.33. The molecule has 0 radical (unpaired) electrons. The van der Waals surface area contributed by atoms with Crippen LogP contribution in [0.15, 0.2) is 36.4 Å². The number of aromatic amines is 1. The van der Waals surface area contributed by atoms with E-state index in [1.54, 1.807) is 0 Å². The van der Waals surface area contributed by atoms with Gasteiger partial charge in [-0.15, -0.1) is 0 Å². The zero-order valence-electron chi connectivity index (χ0n) is 20.6. The first-order valence-electron chi connectivity index (χ1n) is 13.0. The van der Waals surface area contributed by atoms with Crippen molar-refractivity contribution in [3.63, 3.8) is 0 Å². The summed E-state index contributed by atoms with van der Waals surface area (Å²) in [6.45, 7) is 5.28. The second kappa shape index (κ2) is 10.6. The van der Waals surface area contributed by atoms with Gasteiger partial charge in [-0.05, 0) is 105 Å². The summed E-state index contributed by atoms with van der Waals surface area (Å²) in [5, 5.41) is 12.4. The largest absolute Gasteiger partial charge is 0.353 e. The Morgan fingerprint density at radius 3 is 2.71 bits per heavy atom.